The molecule has 5 nitrogen and oxygen atoms in total. The molecule has 27 heavy (non-hydrogen) atoms. The molecular formula is C18H21F3N2O3S. The van der Waals surface area contributed by atoms with Crippen molar-refractivity contribution in [3.05, 3.63) is 52.6 Å². The summed E-state index contributed by atoms with van der Waals surface area (Å²) in [6, 6.07) is 6.77. The van der Waals surface area contributed by atoms with Gasteiger partial charge < -0.3 is 9.64 Å². The molecule has 0 saturated heterocycles. The third-order valence-corrected chi connectivity index (χ3v) is 5.13. The third kappa shape index (κ3) is 4.72. The van der Waals surface area contributed by atoms with Crippen LogP contribution in [0.3, 0.4) is 0 Å². The largest absolute Gasteiger partial charge is 0.496 e. The van der Waals surface area contributed by atoms with Crippen LogP contribution in [0.15, 0.2) is 35.2 Å². The number of hydrogen-bond donors (Lipinski definition) is 1. The van der Waals surface area contributed by atoms with Gasteiger partial charge in [-0.2, -0.15) is 13.2 Å². The van der Waals surface area contributed by atoms with E-state index in [0.717, 1.165) is 34.6 Å². The van der Waals surface area contributed by atoms with E-state index in [1.54, 1.807) is 19.1 Å². The molecule has 0 bridgehead atoms. The van der Waals surface area contributed by atoms with Gasteiger partial charge in [-0.25, -0.2) is 13.6 Å². The molecule has 9 heteroatoms. The Morgan fingerprint density at radius 1 is 1.11 bits per heavy atom. The van der Waals surface area contributed by atoms with Crippen molar-refractivity contribution in [2.75, 3.05) is 19.1 Å². The van der Waals surface area contributed by atoms with Gasteiger partial charge in [0.05, 0.1) is 17.6 Å². The summed E-state index contributed by atoms with van der Waals surface area (Å²) in [5, 5.41) is 4.91. The molecule has 2 rings (SSSR count). The Bertz CT molecular complexity index is 934. The molecule has 0 aliphatic heterocycles. The summed E-state index contributed by atoms with van der Waals surface area (Å²) < 4.78 is 68.1. The first-order chi connectivity index (χ1) is 12.3. The maximum Gasteiger partial charge on any atom is 0.417 e. The first kappa shape index (κ1) is 21.0. The fourth-order valence-corrected chi connectivity index (χ4v) is 3.78. The van der Waals surface area contributed by atoms with Crippen LogP contribution in [-0.2, 0) is 22.7 Å². The van der Waals surface area contributed by atoms with Gasteiger partial charge in [-0.15, -0.1) is 0 Å². The van der Waals surface area contributed by atoms with Crippen molar-refractivity contribution in [1.82, 2.24) is 0 Å². The summed E-state index contributed by atoms with van der Waals surface area (Å²) >= 11 is 0. The number of primary sulfonamides is 1. The van der Waals surface area contributed by atoms with Crippen molar-refractivity contribution in [3.8, 4) is 5.75 Å². The highest BCUT2D eigenvalue weighted by molar-refractivity contribution is 7.89. The number of nitrogens with zero attached hydrogens (tertiary/aromatic N) is 1. The zero-order chi connectivity index (χ0) is 20.6. The van der Waals surface area contributed by atoms with Gasteiger partial charge >= 0.3 is 6.18 Å². The minimum atomic E-state index is -4.84. The Labute approximate surface area is 156 Å². The van der Waals surface area contributed by atoms with Gasteiger partial charge in [-0.1, -0.05) is 12.1 Å². The van der Waals surface area contributed by atoms with E-state index in [1.807, 2.05) is 26.0 Å². The van der Waals surface area contributed by atoms with Crippen molar-refractivity contribution in [2.24, 2.45) is 5.14 Å². The van der Waals surface area contributed by atoms with Crippen LogP contribution in [0.4, 0.5) is 18.9 Å². The monoisotopic (exact) mass is 402 g/mol. The summed E-state index contributed by atoms with van der Waals surface area (Å²) in [5.41, 5.74) is 1.66. The maximum atomic E-state index is 13.3. The number of rotatable bonds is 5. The fourth-order valence-electron chi connectivity index (χ4n) is 3.04. The molecule has 0 spiro atoms. The highest BCUT2D eigenvalue weighted by Gasteiger charge is 2.36. The van der Waals surface area contributed by atoms with Gasteiger partial charge in [-0.3, -0.25) is 0 Å². The van der Waals surface area contributed by atoms with Gasteiger partial charge in [0.1, 0.15) is 5.75 Å². The molecular weight excluding hydrogens is 381 g/mol. The number of anilines is 1. The normalized spacial score (nSPS) is 12.1. The number of halogens is 3. The molecule has 0 saturated carbocycles. The van der Waals surface area contributed by atoms with Gasteiger partial charge in [0.15, 0.2) is 0 Å². The minimum Gasteiger partial charge on any atom is -0.496 e. The van der Waals surface area contributed by atoms with E-state index in [0.29, 0.717) is 6.54 Å². The summed E-state index contributed by atoms with van der Waals surface area (Å²) in [4.78, 5) is 0.659. The van der Waals surface area contributed by atoms with Gasteiger partial charge in [-0.05, 0) is 48.7 Å². The zero-order valence-electron chi connectivity index (χ0n) is 15.4. The lowest BCUT2D eigenvalue weighted by Crippen LogP contribution is -2.21. The number of benzene rings is 2. The van der Waals surface area contributed by atoms with E-state index >= 15 is 0 Å². The zero-order valence-corrected chi connectivity index (χ0v) is 16.2. The third-order valence-electron chi connectivity index (χ3n) is 4.16. The second-order valence-electron chi connectivity index (χ2n) is 6.34. The number of sulfonamides is 1. The highest BCUT2D eigenvalue weighted by atomic mass is 32.2. The average molecular weight is 402 g/mol. The molecule has 2 aromatic carbocycles. The molecule has 0 amide bonds. The number of hydrogen-bond acceptors (Lipinski definition) is 4. The van der Waals surface area contributed by atoms with E-state index in [2.05, 4.69) is 0 Å². The van der Waals surface area contributed by atoms with Crippen LogP contribution in [0.25, 0.3) is 0 Å². The standard InChI is InChI=1S/C18H21F3N2O3S/c1-11-7-13(8-12(2)17(11)26-4)10-23(3)14-5-6-16(27(22,24)25)15(9-14)18(19,20)21/h5-9H,10H2,1-4H3,(H2,22,24,25). The molecule has 0 aromatic heterocycles. The first-order valence-corrected chi connectivity index (χ1v) is 9.48. The molecule has 148 valence electrons. The SMILES string of the molecule is COc1c(C)cc(CN(C)c2ccc(S(N)(=O)=O)c(C(F)(F)F)c2)cc1C. The molecule has 2 aromatic rings. The van der Waals surface area contributed by atoms with E-state index in [1.165, 1.54) is 6.07 Å². The van der Waals surface area contributed by atoms with Gasteiger partial charge in [0.25, 0.3) is 0 Å². The van der Waals surface area contributed by atoms with Crippen LogP contribution < -0.4 is 14.8 Å². The summed E-state index contributed by atoms with van der Waals surface area (Å²) in [5.74, 6) is 0.762. The predicted octanol–water partition coefficient (Wildman–Crippen LogP) is 3.61. The van der Waals surface area contributed by atoms with E-state index in [-0.39, 0.29) is 5.69 Å². The average Bonchev–Trinajstić information content (AvgIpc) is 2.52. The predicted molar refractivity (Wildman–Crippen MR) is 97.4 cm³/mol. The Morgan fingerprint density at radius 2 is 1.67 bits per heavy atom. The van der Waals surface area contributed by atoms with Gasteiger partial charge in [0, 0.05) is 19.3 Å². The second-order valence-corrected chi connectivity index (χ2v) is 7.87. The van der Waals surface area contributed by atoms with Crippen LogP contribution in [0.2, 0.25) is 0 Å². The number of alkyl halides is 3. The van der Waals surface area contributed by atoms with E-state index < -0.39 is 26.7 Å². The summed E-state index contributed by atoms with van der Waals surface area (Å²) in [7, 11) is -1.29. The van der Waals surface area contributed by atoms with Crippen LogP contribution in [-0.4, -0.2) is 22.6 Å². The van der Waals surface area contributed by atoms with Gasteiger partial charge in [0.2, 0.25) is 10.0 Å². The van der Waals surface area contributed by atoms with Crippen molar-refractivity contribution in [3.63, 3.8) is 0 Å². The summed E-state index contributed by atoms with van der Waals surface area (Å²) in [6.45, 7) is 4.10. The number of aryl methyl sites for hydroxylation is 2. The van der Waals surface area contributed by atoms with Crippen LogP contribution >= 0.6 is 0 Å². The maximum absolute atomic E-state index is 13.3. The Hall–Kier alpha value is -2.26. The molecule has 0 aliphatic rings. The lowest BCUT2D eigenvalue weighted by Gasteiger charge is -2.22. The van der Waals surface area contributed by atoms with E-state index in [4.69, 9.17) is 9.88 Å². The van der Waals surface area contributed by atoms with Crippen molar-refractivity contribution in [2.45, 2.75) is 31.5 Å². The molecule has 0 unspecified atom stereocenters. The Kier molecular flexibility index (Phi) is 5.77. The highest BCUT2D eigenvalue weighted by Crippen LogP contribution is 2.36. The van der Waals surface area contributed by atoms with E-state index in [9.17, 15) is 21.6 Å². The van der Waals surface area contributed by atoms with Crippen LogP contribution in [0.5, 0.6) is 5.75 Å². The molecule has 0 atom stereocenters. The van der Waals surface area contributed by atoms with Crippen molar-refractivity contribution < 1.29 is 26.3 Å². The fraction of sp³-hybridized carbons (Fsp3) is 0.333. The van der Waals surface area contributed by atoms with Crippen molar-refractivity contribution >= 4 is 15.7 Å². The quantitative estimate of drug-likeness (QED) is 0.829. The molecule has 0 aliphatic carbocycles. The van der Waals surface area contributed by atoms with Crippen LogP contribution in [0.1, 0.15) is 22.3 Å². The molecule has 2 N–H and O–H groups in total. The lowest BCUT2D eigenvalue weighted by molar-refractivity contribution is -0.139. The summed E-state index contributed by atoms with van der Waals surface area (Å²) in [6.07, 6.45) is -4.84. The van der Waals surface area contributed by atoms with Crippen LogP contribution in [0, 0.1) is 13.8 Å². The topological polar surface area (TPSA) is 72.6 Å². The number of ether oxygens (including phenoxy) is 1. The number of nitrogens with two attached hydrogens (primary N) is 1. The smallest absolute Gasteiger partial charge is 0.417 e. The second kappa shape index (κ2) is 7.40. The minimum absolute atomic E-state index is 0.223. The Morgan fingerprint density at radius 3 is 2.11 bits per heavy atom. The molecule has 0 radical (unpaired) electrons. The molecule has 0 fully saturated rings. The first-order valence-electron chi connectivity index (χ1n) is 7.94. The number of methoxy groups -OCH3 is 1. The van der Waals surface area contributed by atoms with Crippen molar-refractivity contribution in [1.29, 1.82) is 0 Å². The lowest BCUT2D eigenvalue weighted by atomic mass is 10.0. The molecule has 0 heterocycles. The Balaban J connectivity index is 2.41.